The summed E-state index contributed by atoms with van der Waals surface area (Å²) in [6.45, 7) is 0. The molecule has 16 heavy (non-hydrogen) atoms. The molecule has 1 atom stereocenters. The van der Waals surface area contributed by atoms with E-state index in [2.05, 4.69) is 6.08 Å². The minimum atomic E-state index is 0.376. The molecule has 1 unspecified atom stereocenters. The summed E-state index contributed by atoms with van der Waals surface area (Å²) in [6.07, 6.45) is 17.6. The molecule has 2 aliphatic carbocycles. The largest absolute Gasteiger partial charge is 0.324 e. The Bertz CT molecular complexity index is 226. The summed E-state index contributed by atoms with van der Waals surface area (Å²) in [5.41, 5.74) is 7.96. The minimum absolute atomic E-state index is 0.376. The molecule has 2 aliphatic rings. The zero-order valence-corrected chi connectivity index (χ0v) is 10.6. The predicted molar refractivity (Wildman–Crippen MR) is 70.3 cm³/mol. The van der Waals surface area contributed by atoms with Crippen LogP contribution in [0.25, 0.3) is 0 Å². The van der Waals surface area contributed by atoms with Gasteiger partial charge in [-0.25, -0.2) is 0 Å². The van der Waals surface area contributed by atoms with Crippen LogP contribution in [-0.4, -0.2) is 6.04 Å². The zero-order chi connectivity index (χ0) is 11.2. The summed E-state index contributed by atoms with van der Waals surface area (Å²) < 4.78 is 0. The highest BCUT2D eigenvalue weighted by molar-refractivity contribution is 5.11. The van der Waals surface area contributed by atoms with Crippen molar-refractivity contribution in [3.8, 4) is 0 Å². The Kier molecular flexibility index (Phi) is 4.90. The van der Waals surface area contributed by atoms with Crippen LogP contribution in [-0.2, 0) is 0 Å². The molecule has 0 amide bonds. The van der Waals surface area contributed by atoms with Gasteiger partial charge in [0.2, 0.25) is 0 Å². The first-order valence-corrected chi connectivity index (χ1v) is 7.31. The summed E-state index contributed by atoms with van der Waals surface area (Å²) >= 11 is 0. The fraction of sp³-hybridized carbons (Fsp3) is 0.867. The molecule has 0 radical (unpaired) electrons. The molecule has 0 saturated heterocycles. The van der Waals surface area contributed by atoms with Crippen molar-refractivity contribution < 1.29 is 0 Å². The topological polar surface area (TPSA) is 26.0 Å². The van der Waals surface area contributed by atoms with Crippen molar-refractivity contribution in [1.29, 1.82) is 0 Å². The Balaban J connectivity index is 1.83. The van der Waals surface area contributed by atoms with Gasteiger partial charge in [-0.3, -0.25) is 0 Å². The van der Waals surface area contributed by atoms with Crippen LogP contribution >= 0.6 is 0 Å². The number of rotatable bonds is 3. The van der Waals surface area contributed by atoms with Gasteiger partial charge in [0, 0.05) is 6.04 Å². The van der Waals surface area contributed by atoms with Crippen LogP contribution in [0.4, 0.5) is 0 Å². The van der Waals surface area contributed by atoms with Crippen LogP contribution in [0.15, 0.2) is 11.6 Å². The average Bonchev–Trinajstić information content (AvgIpc) is 2.69. The monoisotopic (exact) mass is 221 g/mol. The van der Waals surface area contributed by atoms with Gasteiger partial charge in [-0.1, -0.05) is 50.2 Å². The first-order chi connectivity index (χ1) is 7.86. The van der Waals surface area contributed by atoms with Crippen molar-refractivity contribution in [2.24, 2.45) is 11.7 Å². The van der Waals surface area contributed by atoms with Gasteiger partial charge in [-0.2, -0.15) is 0 Å². The maximum atomic E-state index is 6.38. The van der Waals surface area contributed by atoms with Crippen molar-refractivity contribution in [3.05, 3.63) is 11.6 Å². The molecule has 1 saturated carbocycles. The molecule has 1 heteroatoms. The Morgan fingerprint density at radius 3 is 2.62 bits per heavy atom. The highest BCUT2D eigenvalue weighted by Gasteiger charge is 2.20. The van der Waals surface area contributed by atoms with Crippen LogP contribution in [0.3, 0.4) is 0 Å². The molecule has 0 bridgehead atoms. The average molecular weight is 221 g/mol. The maximum Gasteiger partial charge on any atom is 0.0256 e. The third-order valence-corrected chi connectivity index (χ3v) is 4.36. The summed E-state index contributed by atoms with van der Waals surface area (Å²) in [6, 6.07) is 0.376. The first kappa shape index (κ1) is 12.2. The highest BCUT2D eigenvalue weighted by atomic mass is 14.6. The lowest BCUT2D eigenvalue weighted by Gasteiger charge is -2.21. The summed E-state index contributed by atoms with van der Waals surface area (Å²) in [7, 11) is 0. The van der Waals surface area contributed by atoms with E-state index in [-0.39, 0.29) is 0 Å². The van der Waals surface area contributed by atoms with Crippen LogP contribution in [0, 0.1) is 5.92 Å². The van der Waals surface area contributed by atoms with E-state index in [9.17, 15) is 0 Å². The maximum absolute atomic E-state index is 6.38. The van der Waals surface area contributed by atoms with Crippen LogP contribution in [0.1, 0.15) is 70.6 Å². The quantitative estimate of drug-likeness (QED) is 0.711. The Morgan fingerprint density at radius 1 is 1.06 bits per heavy atom. The fourth-order valence-electron chi connectivity index (χ4n) is 3.31. The number of hydrogen-bond donors (Lipinski definition) is 1. The van der Waals surface area contributed by atoms with Crippen LogP contribution in [0.2, 0.25) is 0 Å². The van der Waals surface area contributed by atoms with Crippen LogP contribution in [0.5, 0.6) is 0 Å². The van der Waals surface area contributed by atoms with Gasteiger partial charge < -0.3 is 5.73 Å². The van der Waals surface area contributed by atoms with Gasteiger partial charge in [-0.15, -0.1) is 0 Å². The van der Waals surface area contributed by atoms with E-state index in [0.29, 0.717) is 6.04 Å². The van der Waals surface area contributed by atoms with E-state index in [1.165, 1.54) is 70.6 Å². The third-order valence-electron chi connectivity index (χ3n) is 4.36. The zero-order valence-electron chi connectivity index (χ0n) is 10.6. The van der Waals surface area contributed by atoms with Gasteiger partial charge in [-0.05, 0) is 38.0 Å². The van der Waals surface area contributed by atoms with Gasteiger partial charge >= 0.3 is 0 Å². The molecule has 0 aromatic rings. The van der Waals surface area contributed by atoms with E-state index in [4.69, 9.17) is 5.73 Å². The molecule has 0 aromatic heterocycles. The summed E-state index contributed by atoms with van der Waals surface area (Å²) in [5, 5.41) is 0. The lowest BCUT2D eigenvalue weighted by Crippen LogP contribution is -2.25. The molecule has 1 nitrogen and oxygen atoms in total. The third kappa shape index (κ3) is 3.62. The normalized spacial score (nSPS) is 25.9. The van der Waals surface area contributed by atoms with Crippen molar-refractivity contribution >= 4 is 0 Å². The predicted octanol–water partition coefficient (Wildman–Crippen LogP) is 4.17. The standard InChI is InChI=1S/C15H27N/c16-15(12-13-8-6-7-9-13)14-10-4-2-1-3-5-11-14/h10,13,15H,1-9,11-12,16H2. The van der Waals surface area contributed by atoms with Gasteiger partial charge in [0.15, 0.2) is 0 Å². The fourth-order valence-corrected chi connectivity index (χ4v) is 3.31. The molecule has 0 heterocycles. The molecule has 0 spiro atoms. The number of hydrogen-bond acceptors (Lipinski definition) is 1. The molecule has 2 N–H and O–H groups in total. The smallest absolute Gasteiger partial charge is 0.0256 e. The second-order valence-electron chi connectivity index (χ2n) is 5.72. The summed E-state index contributed by atoms with van der Waals surface area (Å²) in [5.74, 6) is 0.932. The molecular formula is C15H27N. The van der Waals surface area contributed by atoms with E-state index in [0.717, 1.165) is 5.92 Å². The minimum Gasteiger partial charge on any atom is -0.324 e. The van der Waals surface area contributed by atoms with E-state index in [1.807, 2.05) is 0 Å². The molecule has 0 aromatic carbocycles. The van der Waals surface area contributed by atoms with E-state index < -0.39 is 0 Å². The van der Waals surface area contributed by atoms with Gasteiger partial charge in [0.1, 0.15) is 0 Å². The van der Waals surface area contributed by atoms with Crippen molar-refractivity contribution in [2.75, 3.05) is 0 Å². The van der Waals surface area contributed by atoms with Crippen molar-refractivity contribution in [1.82, 2.24) is 0 Å². The lowest BCUT2D eigenvalue weighted by atomic mass is 9.89. The van der Waals surface area contributed by atoms with Gasteiger partial charge in [0.05, 0.1) is 0 Å². The first-order valence-electron chi connectivity index (χ1n) is 7.31. The molecular weight excluding hydrogens is 194 g/mol. The van der Waals surface area contributed by atoms with E-state index in [1.54, 1.807) is 5.57 Å². The molecule has 92 valence electrons. The number of allylic oxidation sites excluding steroid dienone is 1. The Morgan fingerprint density at radius 2 is 1.81 bits per heavy atom. The molecule has 2 rings (SSSR count). The lowest BCUT2D eigenvalue weighted by molar-refractivity contribution is 0.456. The SMILES string of the molecule is NC(CC1CCCC1)C1=CCCCCCC1. The Hall–Kier alpha value is -0.300. The second kappa shape index (κ2) is 6.44. The molecule has 0 aliphatic heterocycles. The second-order valence-corrected chi connectivity index (χ2v) is 5.72. The van der Waals surface area contributed by atoms with Crippen molar-refractivity contribution in [2.45, 2.75) is 76.7 Å². The highest BCUT2D eigenvalue weighted by Crippen LogP contribution is 2.30. The summed E-state index contributed by atoms with van der Waals surface area (Å²) in [4.78, 5) is 0. The Labute approximate surface area is 100 Å². The molecule has 1 fully saturated rings. The van der Waals surface area contributed by atoms with Gasteiger partial charge in [0.25, 0.3) is 0 Å². The number of nitrogens with two attached hydrogens (primary N) is 1. The van der Waals surface area contributed by atoms with Crippen LogP contribution < -0.4 is 5.73 Å². The van der Waals surface area contributed by atoms with Crippen molar-refractivity contribution in [3.63, 3.8) is 0 Å². The van der Waals surface area contributed by atoms with E-state index >= 15 is 0 Å².